The molecule has 0 fully saturated rings. The van der Waals surface area contributed by atoms with Gasteiger partial charge in [0.25, 0.3) is 0 Å². The van der Waals surface area contributed by atoms with Crippen LogP contribution in [0, 0.1) is 0 Å². The first-order chi connectivity index (χ1) is 11.6. The van der Waals surface area contributed by atoms with E-state index in [-0.39, 0.29) is 11.8 Å². The smallest absolute Gasteiger partial charge is 0.225 e. The van der Waals surface area contributed by atoms with Gasteiger partial charge in [-0.2, -0.15) is 0 Å². The van der Waals surface area contributed by atoms with Crippen LogP contribution < -0.4 is 16.0 Å². The molecule has 0 saturated carbocycles. The number of carbonyl (C=O) groups excluding carboxylic acids is 2. The Labute approximate surface area is 140 Å². The zero-order valence-electron chi connectivity index (χ0n) is 13.8. The van der Waals surface area contributed by atoms with E-state index in [0.29, 0.717) is 18.1 Å². The largest absolute Gasteiger partial charge is 0.339 e. The van der Waals surface area contributed by atoms with Gasteiger partial charge in [0.05, 0.1) is 0 Å². The molecule has 1 heterocycles. The number of carbonyl (C=O) groups is 2. The molecule has 0 bridgehead atoms. The van der Waals surface area contributed by atoms with Crippen LogP contribution in [0.25, 0.3) is 0 Å². The van der Waals surface area contributed by atoms with Crippen molar-refractivity contribution in [1.82, 2.24) is 10.2 Å². The molecule has 0 aliphatic rings. The average Bonchev–Trinajstić information content (AvgIpc) is 2.56. The summed E-state index contributed by atoms with van der Waals surface area (Å²) in [5, 5.41) is 16.5. The lowest BCUT2D eigenvalue weighted by molar-refractivity contribution is -0.116. The zero-order chi connectivity index (χ0) is 17.4. The van der Waals surface area contributed by atoms with Crippen LogP contribution in [0.5, 0.6) is 0 Å². The number of amides is 2. The van der Waals surface area contributed by atoms with Crippen LogP contribution in [-0.4, -0.2) is 22.0 Å². The van der Waals surface area contributed by atoms with Crippen LogP contribution in [0.2, 0.25) is 0 Å². The van der Waals surface area contributed by atoms with E-state index in [1.807, 2.05) is 19.1 Å². The molecule has 0 saturated heterocycles. The Balaban J connectivity index is 1.91. The molecule has 3 N–H and O–H groups in total. The molecular formula is C17H21N5O2. The summed E-state index contributed by atoms with van der Waals surface area (Å²) in [6.45, 7) is 3.50. The summed E-state index contributed by atoms with van der Waals surface area (Å²) in [7, 11) is 0. The van der Waals surface area contributed by atoms with Gasteiger partial charge >= 0.3 is 0 Å². The summed E-state index contributed by atoms with van der Waals surface area (Å²) in [5.74, 6) is 0.829. The highest BCUT2D eigenvalue weighted by atomic mass is 16.2. The Morgan fingerprint density at radius 2 is 1.54 bits per heavy atom. The fourth-order valence-electron chi connectivity index (χ4n) is 2.00. The minimum atomic E-state index is -0.113. The highest BCUT2D eigenvalue weighted by Gasteiger charge is 2.04. The average molecular weight is 327 g/mol. The summed E-state index contributed by atoms with van der Waals surface area (Å²) in [6, 6.07) is 10.7. The zero-order valence-corrected chi connectivity index (χ0v) is 13.8. The fourth-order valence-corrected chi connectivity index (χ4v) is 2.00. The lowest BCUT2D eigenvalue weighted by Crippen LogP contribution is -2.12. The van der Waals surface area contributed by atoms with E-state index < -0.39 is 0 Å². The van der Waals surface area contributed by atoms with Crippen molar-refractivity contribution in [1.29, 1.82) is 0 Å². The van der Waals surface area contributed by atoms with E-state index in [4.69, 9.17) is 0 Å². The summed E-state index contributed by atoms with van der Waals surface area (Å²) >= 11 is 0. The lowest BCUT2D eigenvalue weighted by atomic mass is 10.2. The monoisotopic (exact) mass is 327 g/mol. The van der Waals surface area contributed by atoms with Crippen LogP contribution in [-0.2, 0) is 9.59 Å². The van der Waals surface area contributed by atoms with Crippen molar-refractivity contribution in [2.75, 3.05) is 16.0 Å². The van der Waals surface area contributed by atoms with Gasteiger partial charge in [-0.05, 0) is 42.8 Å². The molecule has 24 heavy (non-hydrogen) atoms. The fraction of sp³-hybridized carbons (Fsp3) is 0.294. The first-order valence-corrected chi connectivity index (χ1v) is 7.85. The number of rotatable bonds is 7. The van der Waals surface area contributed by atoms with Gasteiger partial charge in [0.2, 0.25) is 11.8 Å². The minimum absolute atomic E-state index is 0.0552. The molecule has 7 nitrogen and oxygen atoms in total. The van der Waals surface area contributed by atoms with Crippen molar-refractivity contribution >= 4 is 34.8 Å². The predicted octanol–water partition coefficient (Wildman–Crippen LogP) is 3.31. The first-order valence-electron chi connectivity index (χ1n) is 7.85. The Kier molecular flexibility index (Phi) is 6.24. The topological polar surface area (TPSA) is 96.0 Å². The van der Waals surface area contributed by atoms with Crippen molar-refractivity contribution in [2.45, 2.75) is 33.1 Å². The van der Waals surface area contributed by atoms with Crippen LogP contribution >= 0.6 is 0 Å². The molecule has 2 aromatic rings. The minimum Gasteiger partial charge on any atom is -0.339 e. The number of nitrogens with one attached hydrogen (secondary N) is 3. The second-order valence-electron chi connectivity index (χ2n) is 5.34. The Morgan fingerprint density at radius 3 is 2.12 bits per heavy atom. The van der Waals surface area contributed by atoms with Crippen LogP contribution in [0.1, 0.15) is 33.1 Å². The molecule has 0 spiro atoms. The third-order valence-corrected chi connectivity index (χ3v) is 3.17. The SMILES string of the molecule is CCCCC(=O)Nc1ccc(Nc2ccc(NC(C)=O)cc2)nn1. The van der Waals surface area contributed by atoms with E-state index in [1.54, 1.807) is 24.3 Å². The molecular weight excluding hydrogens is 306 g/mol. The molecule has 0 aliphatic carbocycles. The van der Waals surface area contributed by atoms with Crippen LogP contribution in [0.15, 0.2) is 36.4 Å². The molecule has 1 aromatic heterocycles. The van der Waals surface area contributed by atoms with Gasteiger partial charge in [-0.3, -0.25) is 9.59 Å². The Hall–Kier alpha value is -2.96. The highest BCUT2D eigenvalue weighted by molar-refractivity contribution is 5.90. The van der Waals surface area contributed by atoms with Gasteiger partial charge < -0.3 is 16.0 Å². The number of unbranched alkanes of at least 4 members (excludes halogenated alkanes) is 1. The number of aromatic nitrogens is 2. The van der Waals surface area contributed by atoms with Crippen molar-refractivity contribution < 1.29 is 9.59 Å². The molecule has 7 heteroatoms. The second-order valence-corrected chi connectivity index (χ2v) is 5.34. The summed E-state index contributed by atoms with van der Waals surface area (Å²) in [5.41, 5.74) is 1.54. The molecule has 0 aliphatic heterocycles. The van der Waals surface area contributed by atoms with E-state index >= 15 is 0 Å². The van der Waals surface area contributed by atoms with Crippen LogP contribution in [0.3, 0.4) is 0 Å². The van der Waals surface area contributed by atoms with Crippen molar-refractivity contribution in [3.05, 3.63) is 36.4 Å². The van der Waals surface area contributed by atoms with Gasteiger partial charge in [0, 0.05) is 24.7 Å². The number of anilines is 4. The Morgan fingerprint density at radius 1 is 0.917 bits per heavy atom. The summed E-state index contributed by atoms with van der Waals surface area (Å²) in [6.07, 6.45) is 2.31. The maximum atomic E-state index is 11.6. The molecule has 0 radical (unpaired) electrons. The van der Waals surface area contributed by atoms with Gasteiger partial charge in [-0.25, -0.2) is 0 Å². The molecule has 126 valence electrons. The van der Waals surface area contributed by atoms with E-state index in [1.165, 1.54) is 6.92 Å². The second kappa shape index (κ2) is 8.61. The summed E-state index contributed by atoms with van der Waals surface area (Å²) in [4.78, 5) is 22.6. The number of hydrogen-bond acceptors (Lipinski definition) is 5. The maximum absolute atomic E-state index is 11.6. The number of nitrogens with zero attached hydrogens (tertiary/aromatic N) is 2. The van der Waals surface area contributed by atoms with Gasteiger partial charge in [-0.15, -0.1) is 10.2 Å². The maximum Gasteiger partial charge on any atom is 0.225 e. The van der Waals surface area contributed by atoms with Gasteiger partial charge in [0.15, 0.2) is 11.6 Å². The van der Waals surface area contributed by atoms with Crippen molar-refractivity contribution in [3.63, 3.8) is 0 Å². The predicted molar refractivity (Wildman–Crippen MR) is 94.2 cm³/mol. The van der Waals surface area contributed by atoms with Crippen molar-refractivity contribution in [3.8, 4) is 0 Å². The van der Waals surface area contributed by atoms with E-state index in [2.05, 4.69) is 26.1 Å². The Bertz CT molecular complexity index is 683. The molecule has 1 aromatic carbocycles. The number of benzene rings is 1. The molecule has 2 rings (SSSR count). The van der Waals surface area contributed by atoms with Gasteiger partial charge in [-0.1, -0.05) is 13.3 Å². The lowest BCUT2D eigenvalue weighted by Gasteiger charge is -2.08. The summed E-state index contributed by atoms with van der Waals surface area (Å²) < 4.78 is 0. The van der Waals surface area contributed by atoms with Gasteiger partial charge in [0.1, 0.15) is 0 Å². The van der Waals surface area contributed by atoms with Crippen molar-refractivity contribution in [2.24, 2.45) is 0 Å². The standard InChI is InChI=1S/C17H21N5O2/c1-3-4-5-17(24)20-16-11-10-15(21-22-16)19-14-8-6-13(7-9-14)18-12(2)23/h6-11H,3-5H2,1-2H3,(H,18,23)(H,19,21)(H,20,22,24). The highest BCUT2D eigenvalue weighted by Crippen LogP contribution is 2.17. The van der Waals surface area contributed by atoms with E-state index in [0.717, 1.165) is 24.2 Å². The van der Waals surface area contributed by atoms with Crippen LogP contribution in [0.4, 0.5) is 23.0 Å². The normalized spacial score (nSPS) is 10.1. The van der Waals surface area contributed by atoms with E-state index in [9.17, 15) is 9.59 Å². The third-order valence-electron chi connectivity index (χ3n) is 3.17. The quantitative estimate of drug-likeness (QED) is 0.725. The first kappa shape index (κ1) is 17.4. The number of hydrogen-bond donors (Lipinski definition) is 3. The molecule has 0 atom stereocenters. The molecule has 0 unspecified atom stereocenters. The molecule has 2 amide bonds. The third kappa shape index (κ3) is 5.68.